The molecule has 1 atom stereocenters. The standard InChI is InChI=1S/C18H26N2O2/c1-4-14-9-6-8-13(3)17(14)19-18(22)15-10-7-11-20(12-15)16(21)5-2/h6,8-9,15H,4-5,7,10-12H2,1-3H3,(H,19,22). The van der Waals surface area contributed by atoms with Gasteiger partial charge in [-0.1, -0.05) is 32.0 Å². The van der Waals surface area contributed by atoms with Crippen molar-refractivity contribution in [2.45, 2.75) is 46.5 Å². The van der Waals surface area contributed by atoms with Crippen molar-refractivity contribution in [3.8, 4) is 0 Å². The molecule has 1 unspecified atom stereocenters. The minimum atomic E-state index is -0.103. The largest absolute Gasteiger partial charge is 0.342 e. The van der Waals surface area contributed by atoms with E-state index >= 15 is 0 Å². The molecular weight excluding hydrogens is 276 g/mol. The number of rotatable bonds is 4. The van der Waals surface area contributed by atoms with E-state index in [1.165, 1.54) is 0 Å². The molecule has 0 spiro atoms. The van der Waals surface area contributed by atoms with Crippen molar-refractivity contribution in [2.75, 3.05) is 18.4 Å². The fourth-order valence-electron chi connectivity index (χ4n) is 3.07. The molecule has 2 rings (SSSR count). The highest BCUT2D eigenvalue weighted by atomic mass is 16.2. The van der Waals surface area contributed by atoms with E-state index in [1.807, 2.05) is 30.9 Å². The van der Waals surface area contributed by atoms with Gasteiger partial charge >= 0.3 is 0 Å². The molecule has 4 nitrogen and oxygen atoms in total. The summed E-state index contributed by atoms with van der Waals surface area (Å²) >= 11 is 0. The van der Waals surface area contributed by atoms with Crippen LogP contribution in [0.25, 0.3) is 0 Å². The summed E-state index contributed by atoms with van der Waals surface area (Å²) in [5.74, 6) is 0.0776. The van der Waals surface area contributed by atoms with Gasteiger partial charge in [0.05, 0.1) is 5.92 Å². The van der Waals surface area contributed by atoms with Crippen LogP contribution in [0.15, 0.2) is 18.2 Å². The van der Waals surface area contributed by atoms with Crippen molar-refractivity contribution in [2.24, 2.45) is 5.92 Å². The summed E-state index contributed by atoms with van der Waals surface area (Å²) in [7, 11) is 0. The summed E-state index contributed by atoms with van der Waals surface area (Å²) in [6.07, 6.45) is 3.15. The molecule has 1 aromatic carbocycles. The molecule has 1 aliphatic rings. The Bertz CT molecular complexity index is 554. The van der Waals surface area contributed by atoms with E-state index in [1.54, 1.807) is 0 Å². The molecule has 1 heterocycles. The molecule has 1 saturated heterocycles. The molecule has 0 bridgehead atoms. The smallest absolute Gasteiger partial charge is 0.229 e. The highest BCUT2D eigenvalue weighted by Gasteiger charge is 2.28. The zero-order chi connectivity index (χ0) is 16.1. The fraction of sp³-hybridized carbons (Fsp3) is 0.556. The number of amides is 2. The molecule has 120 valence electrons. The zero-order valence-corrected chi connectivity index (χ0v) is 13.8. The minimum absolute atomic E-state index is 0.0394. The van der Waals surface area contributed by atoms with E-state index < -0.39 is 0 Å². The van der Waals surface area contributed by atoms with Crippen molar-refractivity contribution >= 4 is 17.5 Å². The Morgan fingerprint density at radius 3 is 2.77 bits per heavy atom. The first-order valence-corrected chi connectivity index (χ1v) is 8.23. The van der Waals surface area contributed by atoms with Gasteiger partial charge in [0.2, 0.25) is 11.8 Å². The third-order valence-electron chi connectivity index (χ3n) is 4.44. The quantitative estimate of drug-likeness (QED) is 0.929. The van der Waals surface area contributed by atoms with Crippen LogP contribution in [0.1, 0.15) is 44.2 Å². The van der Waals surface area contributed by atoms with Gasteiger partial charge in [0.25, 0.3) is 0 Å². The first-order chi connectivity index (χ1) is 10.6. The van der Waals surface area contributed by atoms with Gasteiger partial charge in [-0.25, -0.2) is 0 Å². The summed E-state index contributed by atoms with van der Waals surface area (Å²) in [6, 6.07) is 6.09. The highest BCUT2D eigenvalue weighted by molar-refractivity contribution is 5.94. The Labute approximate surface area is 132 Å². The van der Waals surface area contributed by atoms with Crippen LogP contribution in [0.5, 0.6) is 0 Å². The maximum atomic E-state index is 12.6. The van der Waals surface area contributed by atoms with Gasteiger partial charge in [-0.3, -0.25) is 9.59 Å². The van der Waals surface area contributed by atoms with Gasteiger partial charge < -0.3 is 10.2 Å². The molecule has 1 aliphatic heterocycles. The number of likely N-dealkylation sites (tertiary alicyclic amines) is 1. The molecule has 0 radical (unpaired) electrons. The van der Waals surface area contributed by atoms with E-state index in [2.05, 4.69) is 18.3 Å². The minimum Gasteiger partial charge on any atom is -0.342 e. The van der Waals surface area contributed by atoms with Crippen LogP contribution in [0.3, 0.4) is 0 Å². The van der Waals surface area contributed by atoms with Gasteiger partial charge in [-0.05, 0) is 37.3 Å². The number of carbonyl (C=O) groups is 2. The van der Waals surface area contributed by atoms with E-state index in [-0.39, 0.29) is 17.7 Å². The van der Waals surface area contributed by atoms with Crippen LogP contribution < -0.4 is 5.32 Å². The van der Waals surface area contributed by atoms with Gasteiger partial charge in [0.15, 0.2) is 0 Å². The average Bonchev–Trinajstić information content (AvgIpc) is 2.55. The highest BCUT2D eigenvalue weighted by Crippen LogP contribution is 2.24. The number of para-hydroxylation sites is 1. The van der Waals surface area contributed by atoms with Gasteiger partial charge in [0.1, 0.15) is 0 Å². The predicted molar refractivity (Wildman–Crippen MR) is 88.8 cm³/mol. The summed E-state index contributed by atoms with van der Waals surface area (Å²) in [6.45, 7) is 7.30. The van der Waals surface area contributed by atoms with Crippen LogP contribution in [0.2, 0.25) is 0 Å². The first-order valence-electron chi connectivity index (χ1n) is 8.23. The van der Waals surface area contributed by atoms with E-state index in [9.17, 15) is 9.59 Å². The number of anilines is 1. The SMILES string of the molecule is CCC(=O)N1CCCC(C(=O)Nc2c(C)cccc2CC)C1. The van der Waals surface area contributed by atoms with Gasteiger partial charge in [-0.15, -0.1) is 0 Å². The van der Waals surface area contributed by atoms with Crippen molar-refractivity contribution < 1.29 is 9.59 Å². The number of carbonyl (C=O) groups excluding carboxylic acids is 2. The van der Waals surface area contributed by atoms with Gasteiger partial charge in [-0.2, -0.15) is 0 Å². The number of benzene rings is 1. The molecule has 0 saturated carbocycles. The maximum absolute atomic E-state index is 12.6. The lowest BCUT2D eigenvalue weighted by Gasteiger charge is -2.32. The van der Waals surface area contributed by atoms with E-state index in [0.29, 0.717) is 13.0 Å². The zero-order valence-electron chi connectivity index (χ0n) is 13.8. The average molecular weight is 302 g/mol. The van der Waals surface area contributed by atoms with Crippen molar-refractivity contribution in [1.29, 1.82) is 0 Å². The summed E-state index contributed by atoms with van der Waals surface area (Å²) in [5, 5.41) is 3.10. The van der Waals surface area contributed by atoms with Crippen molar-refractivity contribution in [3.05, 3.63) is 29.3 Å². The Kier molecular flexibility index (Phi) is 5.58. The number of piperidine rings is 1. The fourth-order valence-corrected chi connectivity index (χ4v) is 3.07. The molecule has 4 heteroatoms. The molecule has 1 aromatic rings. The molecular formula is C18H26N2O2. The molecule has 0 aromatic heterocycles. The van der Waals surface area contributed by atoms with E-state index in [0.717, 1.165) is 42.6 Å². The molecule has 2 amide bonds. The second kappa shape index (κ2) is 7.43. The Morgan fingerprint density at radius 2 is 2.09 bits per heavy atom. The maximum Gasteiger partial charge on any atom is 0.229 e. The molecule has 1 fully saturated rings. The van der Waals surface area contributed by atoms with Gasteiger partial charge in [0, 0.05) is 25.2 Å². The van der Waals surface area contributed by atoms with Crippen LogP contribution in [-0.2, 0) is 16.0 Å². The van der Waals surface area contributed by atoms with Crippen LogP contribution >= 0.6 is 0 Å². The van der Waals surface area contributed by atoms with Crippen molar-refractivity contribution in [3.63, 3.8) is 0 Å². The number of nitrogens with zero attached hydrogens (tertiary/aromatic N) is 1. The summed E-state index contributed by atoms with van der Waals surface area (Å²) in [5.41, 5.74) is 3.18. The van der Waals surface area contributed by atoms with E-state index in [4.69, 9.17) is 0 Å². The van der Waals surface area contributed by atoms with Crippen LogP contribution in [0.4, 0.5) is 5.69 Å². The number of hydrogen-bond acceptors (Lipinski definition) is 2. The first kappa shape index (κ1) is 16.5. The lowest BCUT2D eigenvalue weighted by atomic mass is 9.96. The monoisotopic (exact) mass is 302 g/mol. The topological polar surface area (TPSA) is 49.4 Å². The number of aryl methyl sites for hydroxylation is 2. The second-order valence-corrected chi connectivity index (χ2v) is 5.98. The number of hydrogen-bond donors (Lipinski definition) is 1. The second-order valence-electron chi connectivity index (χ2n) is 5.98. The Balaban J connectivity index is 2.08. The number of nitrogens with one attached hydrogen (secondary N) is 1. The molecule has 0 aliphatic carbocycles. The Morgan fingerprint density at radius 1 is 1.32 bits per heavy atom. The van der Waals surface area contributed by atoms with Crippen LogP contribution in [-0.4, -0.2) is 29.8 Å². The van der Waals surface area contributed by atoms with Crippen molar-refractivity contribution in [1.82, 2.24) is 4.90 Å². The molecule has 22 heavy (non-hydrogen) atoms. The molecule has 1 N–H and O–H groups in total. The third-order valence-corrected chi connectivity index (χ3v) is 4.44. The predicted octanol–water partition coefficient (Wildman–Crippen LogP) is 3.14. The van der Waals surface area contributed by atoms with Crippen LogP contribution in [0, 0.1) is 12.8 Å². The third kappa shape index (κ3) is 3.67. The summed E-state index contributed by atoms with van der Waals surface area (Å²) in [4.78, 5) is 26.3. The summed E-state index contributed by atoms with van der Waals surface area (Å²) < 4.78 is 0. The lowest BCUT2D eigenvalue weighted by molar-refractivity contribution is -0.134. The Hall–Kier alpha value is -1.84. The normalized spacial score (nSPS) is 18.1. The lowest BCUT2D eigenvalue weighted by Crippen LogP contribution is -2.43.